The maximum Gasteiger partial charge on any atom is 0.337 e. The number of hydrogen-bond acceptors (Lipinski definition) is 6. The average Bonchev–Trinajstić information content (AvgIpc) is 2.97. The SMILES string of the molecule is COC(=O)C1=CC(Br)C2C(=C1)N(Cc1ccc(OC)cc1)C(=O)C2(CC=O)CC=O. The van der Waals surface area contributed by atoms with Crippen molar-refractivity contribution in [2.75, 3.05) is 14.2 Å². The third-order valence-corrected chi connectivity index (χ3v) is 6.47. The molecule has 0 saturated carbocycles. The van der Waals surface area contributed by atoms with E-state index in [1.807, 2.05) is 12.1 Å². The van der Waals surface area contributed by atoms with Gasteiger partial charge in [0.15, 0.2) is 0 Å². The van der Waals surface area contributed by atoms with Crippen molar-refractivity contribution in [1.82, 2.24) is 4.90 Å². The van der Waals surface area contributed by atoms with Crippen LogP contribution in [0.4, 0.5) is 0 Å². The van der Waals surface area contributed by atoms with Crippen molar-refractivity contribution in [2.45, 2.75) is 24.2 Å². The summed E-state index contributed by atoms with van der Waals surface area (Å²) in [5.41, 5.74) is 0.543. The lowest BCUT2D eigenvalue weighted by Crippen LogP contribution is -2.40. The highest BCUT2D eigenvalue weighted by atomic mass is 79.9. The van der Waals surface area contributed by atoms with E-state index in [-0.39, 0.29) is 25.3 Å². The molecule has 7 nitrogen and oxygen atoms in total. The Labute approximate surface area is 182 Å². The largest absolute Gasteiger partial charge is 0.497 e. The van der Waals surface area contributed by atoms with E-state index in [1.165, 1.54) is 7.11 Å². The van der Waals surface area contributed by atoms with E-state index in [0.29, 0.717) is 29.6 Å². The molecule has 0 bridgehead atoms. The first-order chi connectivity index (χ1) is 14.4. The number of likely N-dealkylation sites (tertiary alicyclic amines) is 1. The topological polar surface area (TPSA) is 90.0 Å². The van der Waals surface area contributed by atoms with Crippen LogP contribution >= 0.6 is 15.9 Å². The molecule has 0 N–H and O–H groups in total. The molecule has 0 aromatic heterocycles. The third kappa shape index (κ3) is 3.71. The number of allylic oxidation sites excluding steroid dienone is 2. The highest BCUT2D eigenvalue weighted by molar-refractivity contribution is 9.09. The van der Waals surface area contributed by atoms with Gasteiger partial charge in [-0.15, -0.1) is 0 Å². The van der Waals surface area contributed by atoms with E-state index >= 15 is 0 Å². The molecule has 1 aromatic rings. The van der Waals surface area contributed by atoms with E-state index in [4.69, 9.17) is 9.47 Å². The molecule has 0 radical (unpaired) electrons. The fourth-order valence-corrected chi connectivity index (χ4v) is 5.27. The summed E-state index contributed by atoms with van der Waals surface area (Å²) in [7, 11) is 2.86. The second-order valence-corrected chi connectivity index (χ2v) is 8.30. The minimum atomic E-state index is -1.20. The second kappa shape index (κ2) is 8.95. The van der Waals surface area contributed by atoms with Crippen LogP contribution in [-0.2, 0) is 30.5 Å². The number of amides is 1. The third-order valence-electron chi connectivity index (χ3n) is 5.67. The molecule has 1 heterocycles. The summed E-state index contributed by atoms with van der Waals surface area (Å²) in [6.45, 7) is 0.235. The second-order valence-electron chi connectivity index (χ2n) is 7.24. The zero-order valence-electron chi connectivity index (χ0n) is 16.7. The maximum absolute atomic E-state index is 13.6. The molecular formula is C22H22BrNO6. The van der Waals surface area contributed by atoms with Gasteiger partial charge in [0.05, 0.1) is 31.8 Å². The minimum absolute atomic E-state index is 0.0881. The fraction of sp³-hybridized carbons (Fsp3) is 0.364. The zero-order valence-corrected chi connectivity index (χ0v) is 18.3. The van der Waals surface area contributed by atoms with Crippen molar-refractivity contribution in [3.8, 4) is 5.75 Å². The molecule has 1 saturated heterocycles. The summed E-state index contributed by atoms with van der Waals surface area (Å²) in [4.78, 5) is 49.9. The molecule has 2 atom stereocenters. The van der Waals surface area contributed by atoms with Crippen molar-refractivity contribution in [3.05, 3.63) is 53.3 Å². The average molecular weight is 476 g/mol. The Balaban J connectivity index is 2.08. The van der Waals surface area contributed by atoms with Crippen LogP contribution in [0.15, 0.2) is 47.7 Å². The molecule has 30 heavy (non-hydrogen) atoms. The molecule has 158 valence electrons. The molecule has 2 aliphatic rings. The number of halogens is 1. The predicted octanol–water partition coefficient (Wildman–Crippen LogP) is 2.58. The normalized spacial score (nSPS) is 22.0. The van der Waals surface area contributed by atoms with Crippen LogP contribution in [0.2, 0.25) is 0 Å². The number of nitrogens with zero attached hydrogens (tertiary/aromatic N) is 1. The molecule has 1 aliphatic heterocycles. The Kier molecular flexibility index (Phi) is 6.55. The van der Waals surface area contributed by atoms with Crippen molar-refractivity contribution in [3.63, 3.8) is 0 Å². The quantitative estimate of drug-likeness (QED) is 0.326. The van der Waals surface area contributed by atoms with Gasteiger partial charge in [-0.2, -0.15) is 0 Å². The van der Waals surface area contributed by atoms with E-state index in [2.05, 4.69) is 15.9 Å². The number of ether oxygens (including phenoxy) is 2. The van der Waals surface area contributed by atoms with Crippen LogP contribution in [0.1, 0.15) is 18.4 Å². The van der Waals surface area contributed by atoms with Crippen LogP contribution in [0.5, 0.6) is 5.75 Å². The first kappa shape index (κ1) is 22.0. The van der Waals surface area contributed by atoms with Gasteiger partial charge in [0.2, 0.25) is 5.91 Å². The summed E-state index contributed by atoms with van der Waals surface area (Å²) >= 11 is 3.56. The van der Waals surface area contributed by atoms with Crippen LogP contribution in [0, 0.1) is 11.3 Å². The van der Waals surface area contributed by atoms with Crippen molar-refractivity contribution in [1.29, 1.82) is 0 Å². The standard InChI is InChI=1S/C22H22BrNO6/c1-29-16-5-3-14(4-6-16)13-24-18-12-15(20(27)30-2)11-17(23)19(18)22(7-9-25,8-10-26)21(24)28/h3-6,9-12,17,19H,7-8,13H2,1-2H3. The number of rotatable bonds is 8. The monoisotopic (exact) mass is 475 g/mol. The highest BCUT2D eigenvalue weighted by Crippen LogP contribution is 2.54. The van der Waals surface area contributed by atoms with Crippen LogP contribution in [0.25, 0.3) is 0 Å². The van der Waals surface area contributed by atoms with Crippen molar-refractivity contribution in [2.24, 2.45) is 11.3 Å². The number of aldehydes is 2. The lowest BCUT2D eigenvalue weighted by atomic mass is 9.69. The first-order valence-corrected chi connectivity index (χ1v) is 10.3. The Bertz CT molecular complexity index is 910. The summed E-state index contributed by atoms with van der Waals surface area (Å²) in [5.74, 6) is -0.607. The number of benzene rings is 1. The molecule has 0 spiro atoms. The Hall–Kier alpha value is -2.74. The first-order valence-electron chi connectivity index (χ1n) is 9.39. The predicted molar refractivity (Wildman–Crippen MR) is 112 cm³/mol. The molecular weight excluding hydrogens is 454 g/mol. The smallest absolute Gasteiger partial charge is 0.337 e. The number of hydrogen-bond donors (Lipinski definition) is 0. The van der Waals surface area contributed by atoms with E-state index in [1.54, 1.807) is 36.3 Å². The number of esters is 1. The van der Waals surface area contributed by atoms with Crippen molar-refractivity contribution < 1.29 is 28.7 Å². The molecule has 1 aliphatic carbocycles. The number of fused-ring (bicyclic) bond motifs is 1. The molecule has 1 aromatic carbocycles. The molecule has 2 unspecified atom stereocenters. The van der Waals surface area contributed by atoms with Gasteiger partial charge >= 0.3 is 5.97 Å². The van der Waals surface area contributed by atoms with E-state index in [0.717, 1.165) is 5.56 Å². The molecule has 3 rings (SSSR count). The van der Waals surface area contributed by atoms with Crippen LogP contribution < -0.4 is 4.74 Å². The lowest BCUT2D eigenvalue weighted by Gasteiger charge is -2.33. The number of carbonyl (C=O) groups is 4. The summed E-state index contributed by atoms with van der Waals surface area (Å²) in [6.07, 6.45) is 4.45. The van der Waals surface area contributed by atoms with Gasteiger partial charge in [-0.05, 0) is 23.8 Å². The Morgan fingerprint density at radius 3 is 2.33 bits per heavy atom. The fourth-order valence-electron chi connectivity index (χ4n) is 4.21. The molecule has 8 heteroatoms. The maximum atomic E-state index is 13.6. The Morgan fingerprint density at radius 2 is 1.80 bits per heavy atom. The zero-order chi connectivity index (χ0) is 21.9. The van der Waals surface area contributed by atoms with Gasteiger partial charge in [-0.1, -0.05) is 34.1 Å². The molecule has 1 fully saturated rings. The minimum Gasteiger partial charge on any atom is -0.497 e. The number of methoxy groups -OCH3 is 2. The van der Waals surface area contributed by atoms with E-state index < -0.39 is 22.1 Å². The summed E-state index contributed by atoms with van der Waals surface area (Å²) in [5, 5.41) is 0. The lowest BCUT2D eigenvalue weighted by molar-refractivity contribution is -0.140. The number of alkyl halides is 1. The summed E-state index contributed by atoms with van der Waals surface area (Å²) in [6, 6.07) is 7.26. The Morgan fingerprint density at radius 1 is 1.17 bits per heavy atom. The van der Waals surface area contributed by atoms with Gasteiger partial charge in [0.1, 0.15) is 18.3 Å². The van der Waals surface area contributed by atoms with Crippen molar-refractivity contribution >= 4 is 40.4 Å². The van der Waals surface area contributed by atoms with Crippen LogP contribution in [0.3, 0.4) is 0 Å². The van der Waals surface area contributed by atoms with Gasteiger partial charge in [0, 0.05) is 29.3 Å². The van der Waals surface area contributed by atoms with Crippen LogP contribution in [-0.4, -0.2) is 48.4 Å². The van der Waals surface area contributed by atoms with E-state index in [9.17, 15) is 19.2 Å². The number of carbonyl (C=O) groups excluding carboxylic acids is 4. The highest BCUT2D eigenvalue weighted by Gasteiger charge is 2.58. The van der Waals surface area contributed by atoms with Gasteiger partial charge in [-0.3, -0.25) is 4.79 Å². The molecule has 1 amide bonds. The summed E-state index contributed by atoms with van der Waals surface area (Å²) < 4.78 is 10.0. The van der Waals surface area contributed by atoms with Gasteiger partial charge < -0.3 is 24.0 Å². The van der Waals surface area contributed by atoms with Gasteiger partial charge in [0.25, 0.3) is 0 Å². The van der Waals surface area contributed by atoms with Gasteiger partial charge in [-0.25, -0.2) is 4.79 Å².